The summed E-state index contributed by atoms with van der Waals surface area (Å²) in [5.41, 5.74) is 21.5. The van der Waals surface area contributed by atoms with Gasteiger partial charge in [0, 0.05) is 65.0 Å². The number of carbonyl (C=O) groups excluding carboxylic acids is 8. The molecule has 4 aromatic carbocycles. The standard InChI is InChI=1S/C58H72N12O9S2.C9H21N/c1-33(2)50-58(79)69-49(56(77)65-44(51(60)72)27-36-29-62-41-17-9-7-15-39(36)41)32-81-80-31-48(68-53(74)45(61-3)25-34-13-5-4-6-14-34)57(78)66-46(26-35-20-22-38(71)23-21-35)54(75)67-47(28-37-30-63-42-18-10-8-16-40(37)42)55(76)64-43(52(73)70-50)19-11-12-24-59;1-2-3-4-5-6-7-8-9-10/h4-10,13-18,20-23,29-30,33,43-50,61-63,71H,11-12,19,24-28,31-32,59H2,1-3H3,(H2,60,72)(H,64,76)(H,65,77)(H,66,78)(H,67,75)(H,68,74)(H,69,79)(H,70,73);2-10H2,1H3. The molecule has 0 bridgehead atoms. The fraction of sp³-hybridized carbons (Fsp3) is 0.463. The van der Waals surface area contributed by atoms with E-state index in [4.69, 9.17) is 17.2 Å². The maximum atomic E-state index is 14.9. The number of likely N-dealkylation sites (N-methyl/N-ethyl adjacent to an activating group) is 1. The average Bonchev–Trinajstić information content (AvgIpc) is 1.93. The van der Waals surface area contributed by atoms with E-state index < -0.39 is 102 Å². The van der Waals surface area contributed by atoms with E-state index in [0.29, 0.717) is 36.1 Å². The Morgan fingerprint density at radius 2 is 1.13 bits per heavy atom. The molecular formula is C67H93N13O9S2. The van der Waals surface area contributed by atoms with Crippen molar-refractivity contribution in [3.63, 3.8) is 0 Å². The van der Waals surface area contributed by atoms with Crippen molar-refractivity contribution in [3.05, 3.63) is 138 Å². The van der Waals surface area contributed by atoms with Crippen LogP contribution < -0.4 is 59.7 Å². The number of phenols is 1. The lowest BCUT2D eigenvalue weighted by atomic mass is 10.00. The zero-order valence-electron chi connectivity index (χ0n) is 52.7. The molecule has 1 fully saturated rings. The third-order valence-corrected chi connectivity index (χ3v) is 18.3. The first kappa shape index (κ1) is 72.2. The highest BCUT2D eigenvalue weighted by atomic mass is 33.1. The molecule has 8 unspecified atom stereocenters. The summed E-state index contributed by atoms with van der Waals surface area (Å²) < 4.78 is 0. The molecule has 8 atom stereocenters. The van der Waals surface area contributed by atoms with Crippen molar-refractivity contribution in [1.29, 1.82) is 0 Å². The van der Waals surface area contributed by atoms with Crippen LogP contribution in [0.2, 0.25) is 0 Å². The number of benzene rings is 4. The van der Waals surface area contributed by atoms with Crippen molar-refractivity contribution in [3.8, 4) is 5.75 Å². The molecule has 0 saturated carbocycles. The maximum absolute atomic E-state index is 14.9. The number of H-pyrrole nitrogens is 2. The van der Waals surface area contributed by atoms with E-state index in [1.165, 1.54) is 57.1 Å². The van der Waals surface area contributed by atoms with E-state index in [1.807, 2.05) is 78.9 Å². The van der Waals surface area contributed by atoms with Gasteiger partial charge in [-0.3, -0.25) is 38.4 Å². The number of aromatic hydroxyl groups is 1. The predicted octanol–water partition coefficient (Wildman–Crippen LogP) is 4.97. The van der Waals surface area contributed by atoms with E-state index >= 15 is 0 Å². The molecule has 8 amide bonds. The number of hydrogen-bond donors (Lipinski definition) is 14. The number of unbranched alkanes of at least 4 members (excludes halogenated alkanes) is 7. The van der Waals surface area contributed by atoms with Crippen LogP contribution in [0.1, 0.15) is 107 Å². The van der Waals surface area contributed by atoms with Crippen LogP contribution in [0.15, 0.2) is 116 Å². The lowest BCUT2D eigenvalue weighted by Gasteiger charge is -2.29. The fourth-order valence-electron chi connectivity index (χ4n) is 10.6. The largest absolute Gasteiger partial charge is 0.508 e. The zero-order chi connectivity index (χ0) is 65.7. The van der Waals surface area contributed by atoms with Gasteiger partial charge >= 0.3 is 0 Å². The molecule has 22 nitrogen and oxygen atoms in total. The maximum Gasteiger partial charge on any atom is 0.244 e. The van der Waals surface area contributed by atoms with Gasteiger partial charge in [0.1, 0.15) is 48.0 Å². The van der Waals surface area contributed by atoms with Crippen molar-refractivity contribution in [2.24, 2.45) is 23.1 Å². The summed E-state index contributed by atoms with van der Waals surface area (Å²) in [7, 11) is 3.80. The Balaban J connectivity index is 0.00000121. The minimum absolute atomic E-state index is 0.0123. The van der Waals surface area contributed by atoms with Crippen molar-refractivity contribution < 1.29 is 43.5 Å². The molecule has 492 valence electrons. The van der Waals surface area contributed by atoms with Crippen LogP contribution in [-0.2, 0) is 64.0 Å². The number of para-hydroxylation sites is 2. The molecule has 0 radical (unpaired) electrons. The molecular weight excluding hydrogens is 1190 g/mol. The molecule has 91 heavy (non-hydrogen) atoms. The second-order valence-corrected chi connectivity index (χ2v) is 25.8. The number of nitrogens with two attached hydrogens (primary N) is 3. The van der Waals surface area contributed by atoms with Crippen molar-refractivity contribution in [1.82, 2.24) is 52.5 Å². The Kier molecular flexibility index (Phi) is 30.2. The van der Waals surface area contributed by atoms with Crippen LogP contribution in [0, 0.1) is 5.92 Å². The van der Waals surface area contributed by atoms with E-state index in [-0.39, 0.29) is 49.4 Å². The first-order valence-corrected chi connectivity index (χ1v) is 34.1. The van der Waals surface area contributed by atoms with Gasteiger partial charge in [-0.05, 0) is 105 Å². The van der Waals surface area contributed by atoms with Gasteiger partial charge in [-0.25, -0.2) is 0 Å². The SMILES string of the molecule is CCCCCCCCCN.CNC(Cc1ccccc1)C(=O)NC1CSSCC(C(=O)NC(Cc2c[nH]c3ccccc23)C(N)=O)NC(=O)C(C(C)C)NC(=O)C(CCCCN)NC(=O)C(Cc2c[nH]c3ccccc23)NC(=O)C(Cc2ccc(O)cc2)NC1=O. The number of carbonyl (C=O) groups is 8. The zero-order valence-corrected chi connectivity index (χ0v) is 54.3. The number of hydrogen-bond acceptors (Lipinski definition) is 14. The Morgan fingerprint density at radius 1 is 0.582 bits per heavy atom. The van der Waals surface area contributed by atoms with Crippen LogP contribution in [0.3, 0.4) is 0 Å². The van der Waals surface area contributed by atoms with Crippen LogP contribution in [0.5, 0.6) is 5.75 Å². The van der Waals surface area contributed by atoms with E-state index in [9.17, 15) is 43.5 Å². The Labute approximate surface area is 541 Å². The summed E-state index contributed by atoms with van der Waals surface area (Å²) in [5.74, 6) is -6.77. The van der Waals surface area contributed by atoms with E-state index in [0.717, 1.165) is 55.5 Å². The molecule has 3 heterocycles. The highest BCUT2D eigenvalue weighted by molar-refractivity contribution is 8.76. The molecule has 1 saturated heterocycles. The minimum atomic E-state index is -1.38. The Hall–Kier alpha value is -7.90. The highest BCUT2D eigenvalue weighted by Gasteiger charge is 2.36. The number of amides is 8. The summed E-state index contributed by atoms with van der Waals surface area (Å²) in [4.78, 5) is 122. The third-order valence-electron chi connectivity index (χ3n) is 15.9. The number of primary amides is 1. The first-order chi connectivity index (χ1) is 43.9. The fourth-order valence-corrected chi connectivity index (χ4v) is 12.9. The lowest BCUT2D eigenvalue weighted by Crippen LogP contribution is -2.61. The normalized spacial score (nSPS) is 19.6. The van der Waals surface area contributed by atoms with Crippen molar-refractivity contribution in [2.45, 2.75) is 159 Å². The average molecular weight is 1290 g/mol. The van der Waals surface area contributed by atoms with Crippen molar-refractivity contribution >= 4 is 90.7 Å². The lowest BCUT2D eigenvalue weighted by molar-refractivity contribution is -0.136. The predicted molar refractivity (Wildman–Crippen MR) is 361 cm³/mol. The molecule has 7 rings (SSSR count). The molecule has 6 aromatic rings. The van der Waals surface area contributed by atoms with Gasteiger partial charge in [-0.2, -0.15) is 0 Å². The molecule has 24 heteroatoms. The number of phenolic OH excluding ortho intramolecular Hbond substituents is 1. The quantitative estimate of drug-likeness (QED) is 0.0252. The summed E-state index contributed by atoms with van der Waals surface area (Å²) in [5, 5.41) is 34.6. The minimum Gasteiger partial charge on any atom is -0.508 e. The Morgan fingerprint density at radius 3 is 1.76 bits per heavy atom. The molecule has 0 spiro atoms. The smallest absolute Gasteiger partial charge is 0.244 e. The number of rotatable bonds is 26. The summed E-state index contributed by atoms with van der Waals surface area (Å²) in [6.07, 6.45) is 14.0. The number of nitrogens with one attached hydrogen (secondary N) is 10. The third kappa shape index (κ3) is 23.1. The monoisotopic (exact) mass is 1290 g/mol. The van der Waals surface area contributed by atoms with Gasteiger partial charge in [-0.1, -0.05) is 160 Å². The van der Waals surface area contributed by atoms with Gasteiger partial charge in [0.25, 0.3) is 0 Å². The van der Waals surface area contributed by atoms with Gasteiger partial charge in [-0.15, -0.1) is 0 Å². The summed E-state index contributed by atoms with van der Waals surface area (Å²) in [6, 6.07) is 20.2. The van der Waals surface area contributed by atoms with Crippen LogP contribution >= 0.6 is 21.6 Å². The number of aromatic amines is 2. The van der Waals surface area contributed by atoms with E-state index in [1.54, 1.807) is 45.4 Å². The van der Waals surface area contributed by atoms with Crippen molar-refractivity contribution in [2.75, 3.05) is 31.6 Å². The molecule has 1 aliphatic rings. The highest BCUT2D eigenvalue weighted by Crippen LogP contribution is 2.26. The number of aromatic nitrogens is 2. The topological polar surface area (TPSA) is 363 Å². The summed E-state index contributed by atoms with van der Waals surface area (Å²) >= 11 is 0. The molecule has 2 aromatic heterocycles. The molecule has 17 N–H and O–H groups in total. The van der Waals surface area contributed by atoms with Gasteiger partial charge in [0.05, 0.1) is 6.04 Å². The second-order valence-electron chi connectivity index (χ2n) is 23.3. The van der Waals surface area contributed by atoms with E-state index in [2.05, 4.69) is 59.4 Å². The number of fused-ring (bicyclic) bond motifs is 2. The van der Waals surface area contributed by atoms with Gasteiger partial charge < -0.3 is 74.8 Å². The molecule has 1 aliphatic heterocycles. The molecule has 0 aliphatic carbocycles. The second kappa shape index (κ2) is 38.1. The van der Waals surface area contributed by atoms with Crippen LogP contribution in [-0.4, -0.2) is 142 Å². The summed E-state index contributed by atoms with van der Waals surface area (Å²) in [6.45, 7) is 6.81. The Bertz CT molecular complexity index is 3280. The van der Waals surface area contributed by atoms with Gasteiger partial charge in [0.2, 0.25) is 47.3 Å². The van der Waals surface area contributed by atoms with Crippen LogP contribution in [0.4, 0.5) is 0 Å². The van der Waals surface area contributed by atoms with Crippen LogP contribution in [0.25, 0.3) is 21.8 Å². The van der Waals surface area contributed by atoms with Gasteiger partial charge in [0.15, 0.2) is 0 Å². The first-order valence-electron chi connectivity index (χ1n) is 31.6.